The van der Waals surface area contributed by atoms with Gasteiger partial charge in [0.05, 0.1) is 28.8 Å². The Labute approximate surface area is 184 Å². The highest BCUT2D eigenvalue weighted by Crippen LogP contribution is 2.39. The summed E-state index contributed by atoms with van der Waals surface area (Å²) in [6.07, 6.45) is 2.59. The molecule has 1 aliphatic heterocycles. The molecule has 1 fully saturated rings. The second-order valence-electron chi connectivity index (χ2n) is 6.33. The molecule has 0 bridgehead atoms. The Morgan fingerprint density at radius 3 is 2.62 bits per heavy atom. The van der Waals surface area contributed by atoms with Gasteiger partial charge >= 0.3 is 0 Å². The van der Waals surface area contributed by atoms with Crippen molar-refractivity contribution in [2.75, 3.05) is 7.11 Å². The number of amides is 1. The summed E-state index contributed by atoms with van der Waals surface area (Å²) >= 11 is 13.5. The van der Waals surface area contributed by atoms with Gasteiger partial charge in [0.2, 0.25) is 0 Å². The van der Waals surface area contributed by atoms with E-state index in [-0.39, 0.29) is 12.0 Å². The lowest BCUT2D eigenvalue weighted by molar-refractivity contribution is -0.115. The number of aliphatic imine (C=N–C) groups is 1. The van der Waals surface area contributed by atoms with Crippen LogP contribution in [0, 0.1) is 0 Å². The molecule has 2 aromatic carbocycles. The minimum atomic E-state index is -0.224. The minimum absolute atomic E-state index is 0.00778. The number of amidine groups is 1. The fourth-order valence-corrected chi connectivity index (χ4v) is 3.72. The van der Waals surface area contributed by atoms with Crippen LogP contribution in [0.4, 0.5) is 5.69 Å². The van der Waals surface area contributed by atoms with E-state index in [0.717, 1.165) is 12.0 Å². The maximum Gasteiger partial charge on any atom is 0.264 e. The first kappa shape index (κ1) is 21.6. The number of carbonyl (C=O) groups excluding carboxylic acids is 1. The summed E-state index contributed by atoms with van der Waals surface area (Å²) in [4.78, 5) is 17.3. The fourth-order valence-electron chi connectivity index (χ4n) is 2.49. The lowest BCUT2D eigenvalue weighted by Gasteiger charge is -2.17. The van der Waals surface area contributed by atoms with Crippen molar-refractivity contribution in [1.29, 1.82) is 0 Å². The number of hydrogen-bond donors (Lipinski definition) is 1. The van der Waals surface area contributed by atoms with Crippen molar-refractivity contribution in [3.05, 3.63) is 56.9 Å². The zero-order chi connectivity index (χ0) is 21.0. The first-order chi connectivity index (χ1) is 13.9. The standard InChI is InChI=1S/C21H20Cl2N2O3S/c1-4-12(2)28-19-16(23)9-13(10-17(19)27-3)11-18-20(26)25-21(29-18)24-15-7-5-14(22)6-8-15/h5-12H,4H2,1-3H3,(H,24,25,26)/b18-11-/t12-/m1/s1. The Hall–Kier alpha value is -2.15. The Balaban J connectivity index is 1.85. The van der Waals surface area contributed by atoms with Crippen molar-refractivity contribution in [2.24, 2.45) is 4.99 Å². The monoisotopic (exact) mass is 450 g/mol. The van der Waals surface area contributed by atoms with Crippen molar-refractivity contribution < 1.29 is 14.3 Å². The van der Waals surface area contributed by atoms with Crippen molar-refractivity contribution in [3.8, 4) is 11.5 Å². The van der Waals surface area contributed by atoms with Crippen LogP contribution in [-0.4, -0.2) is 24.3 Å². The van der Waals surface area contributed by atoms with Crippen molar-refractivity contribution >= 4 is 57.8 Å². The minimum Gasteiger partial charge on any atom is -0.493 e. The van der Waals surface area contributed by atoms with E-state index in [0.29, 0.717) is 37.3 Å². The second kappa shape index (κ2) is 9.57. The molecule has 5 nitrogen and oxygen atoms in total. The Kier molecular flexibility index (Phi) is 7.11. The summed E-state index contributed by atoms with van der Waals surface area (Å²) in [6.45, 7) is 4.00. The number of carbonyl (C=O) groups is 1. The Morgan fingerprint density at radius 1 is 1.24 bits per heavy atom. The largest absolute Gasteiger partial charge is 0.493 e. The molecule has 0 aromatic heterocycles. The molecule has 1 saturated heterocycles. The Morgan fingerprint density at radius 2 is 1.97 bits per heavy atom. The Bertz CT molecular complexity index is 975. The molecule has 0 radical (unpaired) electrons. The van der Waals surface area contributed by atoms with Gasteiger partial charge in [0, 0.05) is 5.02 Å². The first-order valence-corrected chi connectivity index (χ1v) is 10.6. The molecule has 1 amide bonds. The van der Waals surface area contributed by atoms with E-state index in [1.54, 1.807) is 49.6 Å². The predicted octanol–water partition coefficient (Wildman–Crippen LogP) is 6.07. The van der Waals surface area contributed by atoms with Crippen LogP contribution in [0.25, 0.3) is 6.08 Å². The van der Waals surface area contributed by atoms with Gasteiger partial charge in [0.25, 0.3) is 5.91 Å². The third-order valence-electron chi connectivity index (χ3n) is 4.15. The quantitative estimate of drug-likeness (QED) is 0.542. The lowest BCUT2D eigenvalue weighted by Crippen LogP contribution is -2.19. The smallest absolute Gasteiger partial charge is 0.264 e. The summed E-state index contributed by atoms with van der Waals surface area (Å²) in [5.74, 6) is 0.792. The average molecular weight is 451 g/mol. The zero-order valence-electron chi connectivity index (χ0n) is 16.2. The average Bonchev–Trinajstić information content (AvgIpc) is 3.04. The van der Waals surface area contributed by atoms with E-state index in [1.807, 2.05) is 13.8 Å². The number of benzene rings is 2. The number of nitrogens with zero attached hydrogens (tertiary/aromatic N) is 1. The molecule has 1 heterocycles. The fraction of sp³-hybridized carbons (Fsp3) is 0.238. The van der Waals surface area contributed by atoms with Gasteiger partial charge in [-0.05, 0) is 73.1 Å². The molecular weight excluding hydrogens is 431 g/mol. The van der Waals surface area contributed by atoms with Crippen LogP contribution in [0.3, 0.4) is 0 Å². The highest BCUT2D eigenvalue weighted by molar-refractivity contribution is 8.18. The SMILES string of the molecule is CC[C@@H](C)Oc1c(Cl)cc(/C=C2\SC(=Nc3ccc(Cl)cc3)NC2=O)cc1OC. The molecule has 0 unspecified atom stereocenters. The number of hydrogen-bond acceptors (Lipinski definition) is 5. The van der Waals surface area contributed by atoms with Crippen molar-refractivity contribution in [1.82, 2.24) is 5.32 Å². The van der Waals surface area contributed by atoms with Crippen LogP contribution in [-0.2, 0) is 4.79 Å². The maximum atomic E-state index is 12.3. The second-order valence-corrected chi connectivity index (χ2v) is 8.20. The molecule has 0 aliphatic carbocycles. The van der Waals surface area contributed by atoms with Crippen LogP contribution < -0.4 is 14.8 Å². The molecule has 0 saturated carbocycles. The highest BCUT2D eigenvalue weighted by Gasteiger charge is 2.24. The molecule has 1 aliphatic rings. The van der Waals surface area contributed by atoms with Gasteiger partial charge in [-0.1, -0.05) is 30.1 Å². The van der Waals surface area contributed by atoms with E-state index in [2.05, 4.69) is 10.3 Å². The van der Waals surface area contributed by atoms with Gasteiger partial charge in [-0.2, -0.15) is 0 Å². The summed E-state index contributed by atoms with van der Waals surface area (Å²) in [6, 6.07) is 10.6. The van der Waals surface area contributed by atoms with Crippen LogP contribution >= 0.6 is 35.0 Å². The number of nitrogens with one attached hydrogen (secondary N) is 1. The van der Waals surface area contributed by atoms with E-state index in [1.165, 1.54) is 11.8 Å². The first-order valence-electron chi connectivity index (χ1n) is 8.99. The molecule has 2 aromatic rings. The van der Waals surface area contributed by atoms with Gasteiger partial charge < -0.3 is 14.8 Å². The van der Waals surface area contributed by atoms with Gasteiger partial charge in [-0.25, -0.2) is 4.99 Å². The van der Waals surface area contributed by atoms with Crippen molar-refractivity contribution in [2.45, 2.75) is 26.4 Å². The number of thioether (sulfide) groups is 1. The summed E-state index contributed by atoms with van der Waals surface area (Å²) in [7, 11) is 1.56. The lowest BCUT2D eigenvalue weighted by atomic mass is 10.1. The van der Waals surface area contributed by atoms with E-state index >= 15 is 0 Å². The van der Waals surface area contributed by atoms with Crippen LogP contribution in [0.2, 0.25) is 10.0 Å². The molecule has 8 heteroatoms. The molecule has 1 N–H and O–H groups in total. The van der Waals surface area contributed by atoms with Crippen LogP contribution in [0.15, 0.2) is 46.3 Å². The van der Waals surface area contributed by atoms with Crippen LogP contribution in [0.1, 0.15) is 25.8 Å². The molecule has 3 rings (SSSR count). The zero-order valence-corrected chi connectivity index (χ0v) is 18.5. The summed E-state index contributed by atoms with van der Waals surface area (Å²) < 4.78 is 11.3. The number of methoxy groups -OCH3 is 1. The summed E-state index contributed by atoms with van der Waals surface area (Å²) in [5, 5.41) is 4.31. The summed E-state index contributed by atoms with van der Waals surface area (Å²) in [5.41, 5.74) is 1.43. The molecule has 0 spiro atoms. The van der Waals surface area contributed by atoms with Crippen molar-refractivity contribution in [3.63, 3.8) is 0 Å². The van der Waals surface area contributed by atoms with Gasteiger partial charge in [0.1, 0.15) is 0 Å². The maximum absolute atomic E-state index is 12.3. The predicted molar refractivity (Wildman–Crippen MR) is 121 cm³/mol. The number of ether oxygens (including phenoxy) is 2. The van der Waals surface area contributed by atoms with E-state index in [4.69, 9.17) is 32.7 Å². The third kappa shape index (κ3) is 5.47. The highest BCUT2D eigenvalue weighted by atomic mass is 35.5. The number of halogens is 2. The van der Waals surface area contributed by atoms with Crippen LogP contribution in [0.5, 0.6) is 11.5 Å². The topological polar surface area (TPSA) is 59.9 Å². The molecule has 152 valence electrons. The third-order valence-corrected chi connectivity index (χ3v) is 5.59. The van der Waals surface area contributed by atoms with E-state index in [9.17, 15) is 4.79 Å². The molecular formula is C21H20Cl2N2O3S. The normalized spacial score (nSPS) is 17.5. The van der Waals surface area contributed by atoms with Gasteiger partial charge in [-0.15, -0.1) is 0 Å². The molecule has 1 atom stereocenters. The molecule has 29 heavy (non-hydrogen) atoms. The number of rotatable bonds is 6. The van der Waals surface area contributed by atoms with E-state index < -0.39 is 0 Å². The van der Waals surface area contributed by atoms with Gasteiger partial charge in [-0.3, -0.25) is 4.79 Å². The van der Waals surface area contributed by atoms with Gasteiger partial charge in [0.15, 0.2) is 16.7 Å².